The summed E-state index contributed by atoms with van der Waals surface area (Å²) >= 11 is 0. The molecule has 136 valence electrons. The average molecular weight is 345 g/mol. The van der Waals surface area contributed by atoms with Crippen LogP contribution in [0.1, 0.15) is 44.7 Å². The van der Waals surface area contributed by atoms with Crippen molar-refractivity contribution in [2.75, 3.05) is 25.7 Å². The molecule has 2 heterocycles. The number of fused-ring (bicyclic) bond motifs is 1. The first-order chi connectivity index (χ1) is 12.2. The van der Waals surface area contributed by atoms with Gasteiger partial charge in [0.05, 0.1) is 18.4 Å². The van der Waals surface area contributed by atoms with Crippen molar-refractivity contribution in [2.45, 2.75) is 57.8 Å². The van der Waals surface area contributed by atoms with Crippen LogP contribution in [-0.2, 0) is 16.1 Å². The topological polar surface area (TPSA) is 64.8 Å². The van der Waals surface area contributed by atoms with Crippen LogP contribution >= 0.6 is 0 Å². The molecule has 2 aromatic rings. The third-order valence-electron chi connectivity index (χ3n) is 6.05. The summed E-state index contributed by atoms with van der Waals surface area (Å²) in [5.41, 5.74) is 1.16. The molecule has 7 nitrogen and oxygen atoms in total. The van der Waals surface area contributed by atoms with Gasteiger partial charge >= 0.3 is 0 Å². The smallest absolute Gasteiger partial charge is 0.254 e. The van der Waals surface area contributed by atoms with Gasteiger partial charge in [0.25, 0.3) is 5.78 Å². The van der Waals surface area contributed by atoms with Crippen molar-refractivity contribution in [1.29, 1.82) is 0 Å². The summed E-state index contributed by atoms with van der Waals surface area (Å²) in [6.07, 6.45) is 8.13. The van der Waals surface area contributed by atoms with Gasteiger partial charge in [0, 0.05) is 38.3 Å². The van der Waals surface area contributed by atoms with E-state index < -0.39 is 0 Å². The summed E-state index contributed by atoms with van der Waals surface area (Å²) in [5, 5.41) is 4.38. The fourth-order valence-electron chi connectivity index (χ4n) is 4.87. The van der Waals surface area contributed by atoms with Crippen molar-refractivity contribution < 1.29 is 9.47 Å². The molecule has 4 rings (SSSR count). The highest BCUT2D eigenvalue weighted by Crippen LogP contribution is 2.56. The van der Waals surface area contributed by atoms with Crippen LogP contribution in [0.2, 0.25) is 0 Å². The lowest BCUT2D eigenvalue weighted by Gasteiger charge is -2.57. The quantitative estimate of drug-likeness (QED) is 0.801. The Bertz CT molecular complexity index is 740. The zero-order valence-electron chi connectivity index (χ0n) is 15.3. The maximum Gasteiger partial charge on any atom is 0.254 e. The molecule has 2 aliphatic rings. The number of nitrogens with zero attached hydrogens (tertiary/aromatic N) is 5. The molecule has 0 aromatic carbocycles. The molecule has 2 aromatic heterocycles. The van der Waals surface area contributed by atoms with E-state index in [4.69, 9.17) is 9.47 Å². The van der Waals surface area contributed by atoms with Gasteiger partial charge in [-0.1, -0.05) is 12.8 Å². The van der Waals surface area contributed by atoms with E-state index in [1.165, 1.54) is 25.7 Å². The van der Waals surface area contributed by atoms with E-state index in [9.17, 15) is 0 Å². The number of ether oxygens (including phenoxy) is 2. The van der Waals surface area contributed by atoms with E-state index >= 15 is 0 Å². The highest BCUT2D eigenvalue weighted by atomic mass is 16.5. The normalized spacial score (nSPS) is 24.8. The van der Waals surface area contributed by atoms with Crippen molar-refractivity contribution in [3.8, 4) is 0 Å². The van der Waals surface area contributed by atoms with Crippen LogP contribution in [0.4, 0.5) is 5.82 Å². The van der Waals surface area contributed by atoms with Crippen LogP contribution in [0.5, 0.6) is 0 Å². The molecule has 2 aliphatic carbocycles. The lowest BCUT2D eigenvalue weighted by Crippen LogP contribution is -2.63. The zero-order chi connectivity index (χ0) is 17.4. The van der Waals surface area contributed by atoms with E-state index in [1.807, 2.05) is 4.52 Å². The van der Waals surface area contributed by atoms with Gasteiger partial charge in [0.15, 0.2) is 0 Å². The van der Waals surface area contributed by atoms with Crippen LogP contribution in [0.15, 0.2) is 12.4 Å². The second kappa shape index (κ2) is 6.53. The molecule has 7 heteroatoms. The second-order valence-corrected chi connectivity index (χ2v) is 7.26. The Labute approximate surface area is 148 Å². The molecule has 0 N–H and O–H groups in total. The summed E-state index contributed by atoms with van der Waals surface area (Å²) in [7, 11) is 3.85. The standard InChI is InChI=1S/C18H27N5O2/c1-4-25-15-10-14(18(15)7-5-6-8-18)22(2)16-9-13(11-24-3)21-17-19-12-20-23(16)17/h9,12,14-15H,4-8,10-11H2,1-3H3/t14-,15+/m1/s1. The average Bonchev–Trinajstić information content (AvgIpc) is 3.27. The van der Waals surface area contributed by atoms with Crippen molar-refractivity contribution in [3.63, 3.8) is 0 Å². The predicted octanol–water partition coefficient (Wildman–Crippen LogP) is 2.44. The monoisotopic (exact) mass is 345 g/mol. The molecule has 0 aliphatic heterocycles. The van der Waals surface area contributed by atoms with Gasteiger partial charge in [0.1, 0.15) is 12.1 Å². The van der Waals surface area contributed by atoms with Crippen LogP contribution in [-0.4, -0.2) is 52.5 Å². The Morgan fingerprint density at radius 3 is 2.88 bits per heavy atom. The minimum absolute atomic E-state index is 0.280. The number of aromatic nitrogens is 4. The van der Waals surface area contributed by atoms with E-state index in [1.54, 1.807) is 13.4 Å². The molecule has 0 amide bonds. The molecule has 1 spiro atoms. The van der Waals surface area contributed by atoms with Gasteiger partial charge in [-0.15, -0.1) is 0 Å². The van der Waals surface area contributed by atoms with Crippen LogP contribution in [0.25, 0.3) is 5.78 Å². The third kappa shape index (κ3) is 2.60. The first-order valence-corrected chi connectivity index (χ1v) is 9.22. The second-order valence-electron chi connectivity index (χ2n) is 7.26. The Morgan fingerprint density at radius 2 is 2.16 bits per heavy atom. The first kappa shape index (κ1) is 16.7. The van der Waals surface area contributed by atoms with Crippen molar-refractivity contribution >= 4 is 11.6 Å². The minimum atomic E-state index is 0.280. The van der Waals surface area contributed by atoms with Crippen LogP contribution < -0.4 is 4.90 Å². The maximum atomic E-state index is 6.07. The highest BCUT2D eigenvalue weighted by molar-refractivity contribution is 5.49. The third-order valence-corrected chi connectivity index (χ3v) is 6.05. The SMILES string of the molecule is CCO[C@H]1C[C@@H](N(C)c2cc(COC)nc3ncnn23)C12CCCC2. The minimum Gasteiger partial charge on any atom is -0.378 e. The predicted molar refractivity (Wildman–Crippen MR) is 94.6 cm³/mol. The Balaban J connectivity index is 1.68. The Morgan fingerprint density at radius 1 is 1.36 bits per heavy atom. The Kier molecular flexibility index (Phi) is 4.37. The maximum absolute atomic E-state index is 6.07. The number of anilines is 1. The van der Waals surface area contributed by atoms with E-state index in [-0.39, 0.29) is 5.41 Å². The van der Waals surface area contributed by atoms with E-state index in [2.05, 4.69) is 40.0 Å². The summed E-state index contributed by atoms with van der Waals surface area (Å²) < 4.78 is 13.2. The number of hydrogen-bond acceptors (Lipinski definition) is 6. The number of hydrogen-bond donors (Lipinski definition) is 0. The molecule has 25 heavy (non-hydrogen) atoms. The van der Waals surface area contributed by atoms with Gasteiger partial charge in [0.2, 0.25) is 0 Å². The van der Waals surface area contributed by atoms with E-state index in [0.29, 0.717) is 24.5 Å². The largest absolute Gasteiger partial charge is 0.378 e. The fraction of sp³-hybridized carbons (Fsp3) is 0.722. The molecule has 0 radical (unpaired) electrons. The van der Waals surface area contributed by atoms with Gasteiger partial charge < -0.3 is 14.4 Å². The summed E-state index contributed by atoms with van der Waals surface area (Å²) in [6, 6.07) is 2.54. The first-order valence-electron chi connectivity index (χ1n) is 9.22. The summed E-state index contributed by atoms with van der Waals surface area (Å²) in [5.74, 6) is 1.65. The number of rotatable bonds is 6. The highest BCUT2D eigenvalue weighted by Gasteiger charge is 2.58. The van der Waals surface area contributed by atoms with Crippen LogP contribution in [0, 0.1) is 5.41 Å². The molecule has 2 atom stereocenters. The van der Waals surface area contributed by atoms with Gasteiger partial charge in [-0.05, 0) is 26.2 Å². The molecular formula is C18H27N5O2. The van der Waals surface area contributed by atoms with Crippen molar-refractivity contribution in [2.24, 2.45) is 5.41 Å². The lowest BCUT2D eigenvalue weighted by molar-refractivity contribution is -0.121. The van der Waals surface area contributed by atoms with Crippen LogP contribution in [0.3, 0.4) is 0 Å². The molecule has 0 unspecified atom stereocenters. The van der Waals surface area contributed by atoms with E-state index in [0.717, 1.165) is 24.5 Å². The number of methoxy groups -OCH3 is 1. The van der Waals surface area contributed by atoms with Crippen molar-refractivity contribution in [1.82, 2.24) is 19.6 Å². The fourth-order valence-corrected chi connectivity index (χ4v) is 4.87. The molecule has 2 saturated carbocycles. The van der Waals surface area contributed by atoms with Gasteiger partial charge in [-0.3, -0.25) is 0 Å². The molecular weight excluding hydrogens is 318 g/mol. The molecule has 0 bridgehead atoms. The molecule has 2 fully saturated rings. The Hall–Kier alpha value is -1.73. The van der Waals surface area contributed by atoms with Gasteiger partial charge in [-0.2, -0.15) is 14.6 Å². The van der Waals surface area contributed by atoms with Gasteiger partial charge in [-0.25, -0.2) is 4.98 Å². The molecule has 0 saturated heterocycles. The summed E-state index contributed by atoms with van der Waals surface area (Å²) in [4.78, 5) is 11.2. The zero-order valence-corrected chi connectivity index (χ0v) is 15.3. The lowest BCUT2D eigenvalue weighted by atomic mass is 9.60. The summed E-state index contributed by atoms with van der Waals surface area (Å²) in [6.45, 7) is 3.36. The van der Waals surface area contributed by atoms with Crippen molar-refractivity contribution in [3.05, 3.63) is 18.1 Å².